The number of halogens is 1. The number of aromatic nitrogens is 4. The first-order valence-electron chi connectivity index (χ1n) is 8.57. The Morgan fingerprint density at radius 2 is 2.33 bits per heavy atom. The minimum Gasteiger partial charge on any atom is -0.389 e. The average Bonchev–Trinajstić information content (AvgIpc) is 2.86. The molecule has 7 nitrogen and oxygen atoms in total. The fourth-order valence-electron chi connectivity index (χ4n) is 3.66. The molecule has 0 amide bonds. The Hall–Kier alpha value is -1.80. The molecular formula is C16H22FN5O2. The van der Waals surface area contributed by atoms with E-state index in [2.05, 4.69) is 27.3 Å². The van der Waals surface area contributed by atoms with E-state index in [1.54, 1.807) is 4.52 Å². The molecule has 0 bridgehead atoms. The summed E-state index contributed by atoms with van der Waals surface area (Å²) in [6.07, 6.45) is 5.58. The average molecular weight is 335 g/mol. The third kappa shape index (κ3) is 2.44. The number of nitrogens with one attached hydrogen (secondary N) is 1. The summed E-state index contributed by atoms with van der Waals surface area (Å²) >= 11 is 0. The second kappa shape index (κ2) is 5.93. The number of rotatable bonds is 4. The smallest absolute Gasteiger partial charge is 0.242 e. The summed E-state index contributed by atoms with van der Waals surface area (Å²) in [6.45, 7) is 2.99. The number of hydrogen-bond donors (Lipinski definition) is 2. The van der Waals surface area contributed by atoms with Crippen molar-refractivity contribution in [2.75, 3.05) is 18.5 Å². The van der Waals surface area contributed by atoms with E-state index in [0.29, 0.717) is 36.9 Å². The Bertz CT molecular complexity index is 740. The first kappa shape index (κ1) is 15.7. The summed E-state index contributed by atoms with van der Waals surface area (Å²) in [5.41, 5.74) is 0.208. The predicted octanol–water partition coefficient (Wildman–Crippen LogP) is 1.66. The van der Waals surface area contributed by atoms with Gasteiger partial charge in [0.25, 0.3) is 0 Å². The van der Waals surface area contributed by atoms with E-state index >= 15 is 0 Å². The molecule has 1 saturated heterocycles. The van der Waals surface area contributed by atoms with E-state index in [9.17, 15) is 9.50 Å². The zero-order valence-corrected chi connectivity index (χ0v) is 13.7. The van der Waals surface area contributed by atoms with Crippen molar-refractivity contribution in [3.63, 3.8) is 0 Å². The fourth-order valence-corrected chi connectivity index (χ4v) is 3.66. The summed E-state index contributed by atoms with van der Waals surface area (Å²) in [6, 6.07) is -0.170. The van der Waals surface area contributed by atoms with E-state index in [1.165, 1.54) is 6.20 Å². The van der Waals surface area contributed by atoms with E-state index in [4.69, 9.17) is 4.74 Å². The highest BCUT2D eigenvalue weighted by atomic mass is 19.1. The molecular weight excluding hydrogens is 313 g/mol. The van der Waals surface area contributed by atoms with Crippen molar-refractivity contribution in [2.24, 2.45) is 0 Å². The molecule has 4 rings (SSSR count). The summed E-state index contributed by atoms with van der Waals surface area (Å²) < 4.78 is 21.0. The van der Waals surface area contributed by atoms with Gasteiger partial charge in [0, 0.05) is 12.0 Å². The van der Waals surface area contributed by atoms with Gasteiger partial charge in [0.15, 0.2) is 0 Å². The monoisotopic (exact) mass is 335 g/mol. The normalized spacial score (nSPS) is 26.3. The Morgan fingerprint density at radius 1 is 1.50 bits per heavy atom. The van der Waals surface area contributed by atoms with Crippen molar-refractivity contribution in [1.29, 1.82) is 0 Å². The number of fused-ring (bicyclic) bond motifs is 1. The molecule has 1 saturated carbocycles. The largest absolute Gasteiger partial charge is 0.389 e. The van der Waals surface area contributed by atoms with Crippen LogP contribution in [0.1, 0.15) is 44.9 Å². The summed E-state index contributed by atoms with van der Waals surface area (Å²) in [5.74, 6) is 0.529. The van der Waals surface area contributed by atoms with Gasteiger partial charge in [0.05, 0.1) is 24.9 Å². The molecule has 8 heteroatoms. The molecule has 0 aromatic carbocycles. The van der Waals surface area contributed by atoms with Gasteiger partial charge in [-0.2, -0.15) is 4.39 Å². The number of ether oxygens (including phenoxy) is 1. The van der Waals surface area contributed by atoms with Crippen LogP contribution in [0.15, 0.2) is 6.20 Å². The van der Waals surface area contributed by atoms with Crippen molar-refractivity contribution in [3.05, 3.63) is 18.0 Å². The molecule has 0 radical (unpaired) electrons. The highest BCUT2D eigenvalue weighted by Crippen LogP contribution is 2.45. The lowest BCUT2D eigenvalue weighted by Gasteiger charge is -2.39. The summed E-state index contributed by atoms with van der Waals surface area (Å²) in [5, 5.41) is 17.6. The fraction of sp³-hybridized carbons (Fsp3) is 0.688. The van der Waals surface area contributed by atoms with Gasteiger partial charge in [-0.15, -0.1) is 5.10 Å². The molecule has 2 N–H and O–H groups in total. The molecule has 24 heavy (non-hydrogen) atoms. The van der Waals surface area contributed by atoms with Crippen LogP contribution in [-0.4, -0.2) is 50.0 Å². The minimum atomic E-state index is -0.606. The Morgan fingerprint density at radius 3 is 3.00 bits per heavy atom. The van der Waals surface area contributed by atoms with Gasteiger partial charge in [-0.25, -0.2) is 14.5 Å². The molecule has 130 valence electrons. The molecule has 2 fully saturated rings. The number of nitrogens with zero attached hydrogens (tertiary/aromatic N) is 4. The number of anilines is 1. The molecule has 2 aliphatic rings. The van der Waals surface area contributed by atoms with E-state index < -0.39 is 12.1 Å². The Balaban J connectivity index is 1.69. The van der Waals surface area contributed by atoms with Crippen LogP contribution in [0.2, 0.25) is 0 Å². The highest BCUT2D eigenvalue weighted by Gasteiger charge is 2.41. The third-order valence-electron chi connectivity index (χ3n) is 5.45. The molecule has 2 aromatic rings. The predicted molar refractivity (Wildman–Crippen MR) is 85.4 cm³/mol. The van der Waals surface area contributed by atoms with Crippen LogP contribution in [0.3, 0.4) is 0 Å². The van der Waals surface area contributed by atoms with Crippen LogP contribution < -0.4 is 5.32 Å². The van der Waals surface area contributed by atoms with Gasteiger partial charge in [-0.3, -0.25) is 0 Å². The van der Waals surface area contributed by atoms with Crippen molar-refractivity contribution in [3.8, 4) is 0 Å². The maximum absolute atomic E-state index is 14.2. The zero-order valence-electron chi connectivity index (χ0n) is 13.7. The summed E-state index contributed by atoms with van der Waals surface area (Å²) in [4.78, 5) is 8.34. The molecule has 2 aromatic heterocycles. The topological polar surface area (TPSA) is 84.6 Å². The number of aliphatic hydroxyl groups is 1. The lowest BCUT2D eigenvalue weighted by atomic mass is 9.66. The lowest BCUT2D eigenvalue weighted by Crippen LogP contribution is -2.42. The van der Waals surface area contributed by atoms with Gasteiger partial charge < -0.3 is 15.2 Å². The Labute approximate surface area is 139 Å². The van der Waals surface area contributed by atoms with Gasteiger partial charge in [0.2, 0.25) is 11.9 Å². The van der Waals surface area contributed by atoms with Crippen molar-refractivity contribution in [2.45, 2.75) is 56.6 Å². The maximum atomic E-state index is 14.2. The molecule has 1 aliphatic heterocycles. The molecule has 2 atom stereocenters. The Kier molecular flexibility index (Phi) is 3.88. The van der Waals surface area contributed by atoms with Crippen molar-refractivity contribution in [1.82, 2.24) is 19.6 Å². The quantitative estimate of drug-likeness (QED) is 0.884. The molecule has 0 spiro atoms. The number of aliphatic hydroxyl groups excluding tert-OH is 1. The number of imidazole rings is 1. The first-order chi connectivity index (χ1) is 11.6. The molecule has 1 aliphatic carbocycles. The van der Waals surface area contributed by atoms with Crippen LogP contribution in [0.4, 0.5) is 10.3 Å². The van der Waals surface area contributed by atoms with Gasteiger partial charge >= 0.3 is 0 Å². The van der Waals surface area contributed by atoms with E-state index in [0.717, 1.165) is 25.7 Å². The lowest BCUT2D eigenvalue weighted by molar-refractivity contribution is -0.0136. The SMILES string of the molecule is CCC1(c2nc(F)c3cnc(N[C@@H]4CCOC[C@H]4O)nn23)CCC1. The molecule has 0 unspecified atom stereocenters. The third-order valence-corrected chi connectivity index (χ3v) is 5.45. The van der Waals surface area contributed by atoms with Crippen LogP contribution in [0, 0.1) is 5.95 Å². The van der Waals surface area contributed by atoms with E-state index in [-0.39, 0.29) is 11.5 Å². The van der Waals surface area contributed by atoms with Crippen LogP contribution in [-0.2, 0) is 10.2 Å². The van der Waals surface area contributed by atoms with Crippen LogP contribution in [0.5, 0.6) is 0 Å². The van der Waals surface area contributed by atoms with Gasteiger partial charge in [-0.1, -0.05) is 13.3 Å². The molecule has 3 heterocycles. The minimum absolute atomic E-state index is 0.0862. The first-order valence-corrected chi connectivity index (χ1v) is 8.57. The van der Waals surface area contributed by atoms with Crippen molar-refractivity contribution >= 4 is 11.5 Å². The maximum Gasteiger partial charge on any atom is 0.242 e. The van der Waals surface area contributed by atoms with Crippen LogP contribution >= 0.6 is 0 Å². The van der Waals surface area contributed by atoms with Gasteiger partial charge in [-0.05, 0) is 25.7 Å². The van der Waals surface area contributed by atoms with Crippen molar-refractivity contribution < 1.29 is 14.2 Å². The second-order valence-electron chi connectivity index (χ2n) is 6.77. The van der Waals surface area contributed by atoms with Crippen LogP contribution in [0.25, 0.3) is 5.52 Å². The second-order valence-corrected chi connectivity index (χ2v) is 6.77. The van der Waals surface area contributed by atoms with E-state index in [1.807, 2.05) is 0 Å². The summed E-state index contributed by atoms with van der Waals surface area (Å²) in [7, 11) is 0. The highest BCUT2D eigenvalue weighted by molar-refractivity contribution is 5.47. The number of hydrogen-bond acceptors (Lipinski definition) is 6. The standard InChI is InChI=1S/C16H22FN5O2/c1-2-16(5-3-6-16)14-20-13(17)11-8-18-15(21-22(11)14)19-10-4-7-24-9-12(10)23/h8,10,12,23H,2-7,9H2,1H3,(H,19,21)/t10-,12-/m1/s1. The van der Waals surface area contributed by atoms with Gasteiger partial charge in [0.1, 0.15) is 11.3 Å². The zero-order chi connectivity index (χ0) is 16.7.